The van der Waals surface area contributed by atoms with E-state index in [2.05, 4.69) is 15.1 Å². The van der Waals surface area contributed by atoms with Gasteiger partial charge in [0.05, 0.1) is 10.6 Å². The minimum absolute atomic E-state index is 0.0196. The summed E-state index contributed by atoms with van der Waals surface area (Å²) in [5.41, 5.74) is 1.48. The lowest BCUT2D eigenvalue weighted by Crippen LogP contribution is -2.47. The number of piperidine rings is 1. The molecular formula is C21H22FN5O3S. The summed E-state index contributed by atoms with van der Waals surface area (Å²) in [6, 6.07) is 13.3. The Bertz CT molecular complexity index is 1140. The Kier molecular flexibility index (Phi) is 6.01. The highest BCUT2D eigenvalue weighted by molar-refractivity contribution is 7.89. The van der Waals surface area contributed by atoms with Crippen LogP contribution in [0.15, 0.2) is 71.9 Å². The number of rotatable bonds is 5. The molecule has 0 bridgehead atoms. The van der Waals surface area contributed by atoms with Gasteiger partial charge in [-0.25, -0.2) is 27.0 Å². The number of amides is 2. The van der Waals surface area contributed by atoms with Crippen molar-refractivity contribution < 1.29 is 17.6 Å². The molecule has 2 aromatic carbocycles. The van der Waals surface area contributed by atoms with Crippen LogP contribution in [0.1, 0.15) is 12.8 Å². The number of carbonyl (C=O) groups excluding carboxylic acids is 1. The van der Waals surface area contributed by atoms with E-state index in [4.69, 9.17) is 0 Å². The third kappa shape index (κ3) is 5.09. The summed E-state index contributed by atoms with van der Waals surface area (Å²) in [4.78, 5) is 14.3. The van der Waals surface area contributed by atoms with Crippen molar-refractivity contribution in [1.82, 2.24) is 19.4 Å². The molecule has 0 spiro atoms. The number of aromatic nitrogens is 2. The number of benzene rings is 2. The molecule has 3 aromatic rings. The van der Waals surface area contributed by atoms with Crippen LogP contribution in [-0.2, 0) is 10.0 Å². The van der Waals surface area contributed by atoms with Gasteiger partial charge in [0.1, 0.15) is 5.82 Å². The third-order valence-corrected chi connectivity index (χ3v) is 6.63. The highest BCUT2D eigenvalue weighted by Crippen LogP contribution is 2.18. The minimum Gasteiger partial charge on any atom is -0.324 e. The van der Waals surface area contributed by atoms with Gasteiger partial charge in [-0.2, -0.15) is 5.10 Å². The van der Waals surface area contributed by atoms with Crippen LogP contribution in [0, 0.1) is 5.82 Å². The Morgan fingerprint density at radius 1 is 1.06 bits per heavy atom. The summed E-state index contributed by atoms with van der Waals surface area (Å²) in [7, 11) is -3.73. The van der Waals surface area contributed by atoms with Gasteiger partial charge in [-0.3, -0.25) is 0 Å². The van der Waals surface area contributed by atoms with Crippen LogP contribution in [0.5, 0.6) is 0 Å². The van der Waals surface area contributed by atoms with Gasteiger partial charge in [0.25, 0.3) is 0 Å². The molecule has 1 aliphatic heterocycles. The van der Waals surface area contributed by atoms with Crippen LogP contribution in [0.3, 0.4) is 0 Å². The minimum atomic E-state index is -3.73. The summed E-state index contributed by atoms with van der Waals surface area (Å²) < 4.78 is 42.3. The monoisotopic (exact) mass is 443 g/mol. The van der Waals surface area contributed by atoms with Crippen molar-refractivity contribution in [3.8, 4) is 5.69 Å². The van der Waals surface area contributed by atoms with Crippen molar-refractivity contribution in [3.63, 3.8) is 0 Å². The maximum absolute atomic E-state index is 13.0. The molecule has 2 heterocycles. The second-order valence-corrected chi connectivity index (χ2v) is 8.98. The fourth-order valence-electron chi connectivity index (χ4n) is 3.45. The van der Waals surface area contributed by atoms with Crippen molar-refractivity contribution in [1.29, 1.82) is 0 Å². The first kappa shape index (κ1) is 21.0. The van der Waals surface area contributed by atoms with Crippen molar-refractivity contribution in [2.24, 2.45) is 0 Å². The summed E-state index contributed by atoms with van der Waals surface area (Å²) in [6.07, 6.45) is 4.47. The standard InChI is InChI=1S/C21H22FN5O3S/c22-16-5-7-20(8-6-16)31(29,30)25-17-9-13-26(14-10-17)21(28)24-18-3-1-4-19(15-18)27-12-2-11-23-27/h1-8,11-12,15,17,25H,9-10,13-14H2,(H,24,28). The summed E-state index contributed by atoms with van der Waals surface area (Å²) in [6.45, 7) is 0.836. The van der Waals surface area contributed by atoms with E-state index in [0.29, 0.717) is 31.6 Å². The first-order valence-electron chi connectivity index (χ1n) is 9.85. The summed E-state index contributed by atoms with van der Waals surface area (Å²) in [5, 5.41) is 7.06. The predicted molar refractivity (Wildman–Crippen MR) is 114 cm³/mol. The Hall–Kier alpha value is -3.24. The number of hydrogen-bond acceptors (Lipinski definition) is 4. The molecule has 0 unspecified atom stereocenters. The molecule has 1 saturated heterocycles. The van der Waals surface area contributed by atoms with E-state index >= 15 is 0 Å². The van der Waals surface area contributed by atoms with E-state index < -0.39 is 15.8 Å². The van der Waals surface area contributed by atoms with E-state index in [0.717, 1.165) is 17.8 Å². The zero-order chi connectivity index (χ0) is 21.8. The zero-order valence-corrected chi connectivity index (χ0v) is 17.4. The van der Waals surface area contributed by atoms with Crippen LogP contribution in [0.4, 0.5) is 14.9 Å². The SMILES string of the molecule is O=C(Nc1cccc(-n2cccn2)c1)N1CCC(NS(=O)(=O)c2ccc(F)cc2)CC1. The number of halogens is 1. The molecule has 8 nitrogen and oxygen atoms in total. The van der Waals surface area contributed by atoms with E-state index in [-0.39, 0.29) is 17.0 Å². The molecule has 0 radical (unpaired) electrons. The molecule has 31 heavy (non-hydrogen) atoms. The second-order valence-electron chi connectivity index (χ2n) is 7.27. The normalized spacial score (nSPS) is 15.1. The fourth-order valence-corrected chi connectivity index (χ4v) is 4.76. The van der Waals surface area contributed by atoms with Crippen LogP contribution >= 0.6 is 0 Å². The fraction of sp³-hybridized carbons (Fsp3) is 0.238. The molecule has 162 valence electrons. The molecule has 0 atom stereocenters. The Labute approximate surface area is 179 Å². The molecule has 0 saturated carbocycles. The molecule has 2 amide bonds. The number of sulfonamides is 1. The average molecular weight is 444 g/mol. The lowest BCUT2D eigenvalue weighted by Gasteiger charge is -2.32. The summed E-state index contributed by atoms with van der Waals surface area (Å²) >= 11 is 0. The van der Waals surface area contributed by atoms with Gasteiger partial charge in [0.2, 0.25) is 10.0 Å². The van der Waals surface area contributed by atoms with Gasteiger partial charge in [-0.1, -0.05) is 6.07 Å². The molecule has 0 aliphatic carbocycles. The summed E-state index contributed by atoms with van der Waals surface area (Å²) in [5.74, 6) is -0.492. The Morgan fingerprint density at radius 2 is 1.81 bits per heavy atom. The lowest BCUT2D eigenvalue weighted by atomic mass is 10.1. The Morgan fingerprint density at radius 3 is 2.48 bits per heavy atom. The number of hydrogen-bond donors (Lipinski definition) is 2. The van der Waals surface area contributed by atoms with Gasteiger partial charge in [-0.05, 0) is 61.4 Å². The number of nitrogens with one attached hydrogen (secondary N) is 2. The van der Waals surface area contributed by atoms with Crippen LogP contribution < -0.4 is 10.0 Å². The third-order valence-electron chi connectivity index (χ3n) is 5.09. The number of likely N-dealkylation sites (tertiary alicyclic amines) is 1. The number of carbonyl (C=O) groups is 1. The molecular weight excluding hydrogens is 421 g/mol. The van der Waals surface area contributed by atoms with E-state index in [1.165, 1.54) is 12.1 Å². The highest BCUT2D eigenvalue weighted by atomic mass is 32.2. The maximum atomic E-state index is 13.0. The second kappa shape index (κ2) is 8.86. The van der Waals surface area contributed by atoms with Gasteiger partial charge in [0.15, 0.2) is 0 Å². The molecule has 1 aliphatic rings. The maximum Gasteiger partial charge on any atom is 0.321 e. The molecule has 1 fully saturated rings. The van der Waals surface area contributed by atoms with Crippen LogP contribution in [0.2, 0.25) is 0 Å². The first-order valence-corrected chi connectivity index (χ1v) is 11.3. The largest absolute Gasteiger partial charge is 0.324 e. The zero-order valence-electron chi connectivity index (χ0n) is 16.6. The molecule has 1 aromatic heterocycles. The van der Waals surface area contributed by atoms with Crippen molar-refractivity contribution in [3.05, 3.63) is 72.8 Å². The van der Waals surface area contributed by atoms with Gasteiger partial charge in [0, 0.05) is 37.2 Å². The molecule has 10 heteroatoms. The highest BCUT2D eigenvalue weighted by Gasteiger charge is 2.26. The number of urea groups is 1. The van der Waals surface area contributed by atoms with Crippen molar-refractivity contribution in [2.45, 2.75) is 23.8 Å². The number of nitrogens with zero attached hydrogens (tertiary/aromatic N) is 3. The lowest BCUT2D eigenvalue weighted by molar-refractivity contribution is 0.193. The first-order chi connectivity index (χ1) is 14.9. The quantitative estimate of drug-likeness (QED) is 0.634. The molecule has 2 N–H and O–H groups in total. The van der Waals surface area contributed by atoms with Crippen LogP contribution in [-0.4, -0.2) is 48.3 Å². The topological polar surface area (TPSA) is 96.3 Å². The smallest absolute Gasteiger partial charge is 0.321 e. The van der Waals surface area contributed by atoms with E-state index in [1.54, 1.807) is 21.8 Å². The molecule has 4 rings (SSSR count). The average Bonchev–Trinajstić information content (AvgIpc) is 3.29. The Balaban J connectivity index is 1.32. The van der Waals surface area contributed by atoms with Gasteiger partial charge in [-0.15, -0.1) is 0 Å². The van der Waals surface area contributed by atoms with Gasteiger partial charge >= 0.3 is 6.03 Å². The van der Waals surface area contributed by atoms with Gasteiger partial charge < -0.3 is 10.2 Å². The van der Waals surface area contributed by atoms with Crippen molar-refractivity contribution >= 4 is 21.7 Å². The van der Waals surface area contributed by atoms with Crippen LogP contribution in [0.25, 0.3) is 5.69 Å². The number of anilines is 1. The van der Waals surface area contributed by atoms with E-state index in [9.17, 15) is 17.6 Å². The van der Waals surface area contributed by atoms with Crippen molar-refractivity contribution in [2.75, 3.05) is 18.4 Å². The van der Waals surface area contributed by atoms with E-state index in [1.807, 2.05) is 30.5 Å². The predicted octanol–water partition coefficient (Wildman–Crippen LogP) is 2.99.